The largest absolute Gasteiger partial charge is 0.357 e. The number of halogens is 1. The highest BCUT2D eigenvalue weighted by Crippen LogP contribution is 2.28. The van der Waals surface area contributed by atoms with E-state index in [1.165, 1.54) is 18.4 Å². The Morgan fingerprint density at radius 1 is 1.54 bits per heavy atom. The molecule has 13 heavy (non-hydrogen) atoms. The third-order valence-corrected chi connectivity index (χ3v) is 3.07. The topological polar surface area (TPSA) is 16.1 Å². The van der Waals surface area contributed by atoms with Crippen LogP contribution in [-0.4, -0.2) is 18.1 Å². The molecule has 1 saturated carbocycles. The van der Waals surface area contributed by atoms with Gasteiger partial charge in [-0.05, 0) is 24.5 Å². The normalized spacial score (nSPS) is 15.8. The Labute approximate surface area is 87.1 Å². The number of nitrogens with zero attached hydrogens (tertiary/aromatic N) is 2. The van der Waals surface area contributed by atoms with Crippen molar-refractivity contribution in [3.8, 4) is 0 Å². The number of hydrogen-bond donors (Lipinski definition) is 0. The van der Waals surface area contributed by atoms with Crippen molar-refractivity contribution in [1.82, 2.24) is 4.98 Å². The molecular weight excluding hydrogens is 228 g/mol. The smallest absolute Gasteiger partial charge is 0.128 e. The fourth-order valence-corrected chi connectivity index (χ4v) is 1.68. The second kappa shape index (κ2) is 3.66. The first-order valence-electron chi connectivity index (χ1n) is 4.55. The highest BCUT2D eigenvalue weighted by atomic mass is 79.9. The van der Waals surface area contributed by atoms with Crippen molar-refractivity contribution in [2.45, 2.75) is 24.2 Å². The zero-order valence-electron chi connectivity index (χ0n) is 7.70. The molecule has 0 unspecified atom stereocenters. The molecule has 0 amide bonds. The van der Waals surface area contributed by atoms with Crippen LogP contribution in [0.15, 0.2) is 18.3 Å². The third-order valence-electron chi connectivity index (χ3n) is 2.42. The van der Waals surface area contributed by atoms with E-state index in [4.69, 9.17) is 0 Å². The lowest BCUT2D eigenvalue weighted by Crippen LogP contribution is -2.20. The van der Waals surface area contributed by atoms with E-state index in [-0.39, 0.29) is 0 Å². The summed E-state index contributed by atoms with van der Waals surface area (Å²) in [4.78, 5) is 6.67. The number of pyridine rings is 1. The molecule has 0 radical (unpaired) electrons. The summed E-state index contributed by atoms with van der Waals surface area (Å²) >= 11 is 3.41. The van der Waals surface area contributed by atoms with Crippen molar-refractivity contribution in [2.75, 3.05) is 11.9 Å². The summed E-state index contributed by atoms with van der Waals surface area (Å²) in [5.41, 5.74) is 1.23. The van der Waals surface area contributed by atoms with Crippen molar-refractivity contribution in [3.05, 3.63) is 23.9 Å². The van der Waals surface area contributed by atoms with Crippen LogP contribution in [-0.2, 0) is 5.33 Å². The van der Waals surface area contributed by atoms with Crippen LogP contribution in [0.25, 0.3) is 0 Å². The van der Waals surface area contributed by atoms with Gasteiger partial charge in [-0.3, -0.25) is 0 Å². The van der Waals surface area contributed by atoms with Gasteiger partial charge in [0.25, 0.3) is 0 Å². The number of hydrogen-bond acceptors (Lipinski definition) is 2. The van der Waals surface area contributed by atoms with Gasteiger partial charge in [-0.15, -0.1) is 0 Å². The van der Waals surface area contributed by atoms with Gasteiger partial charge < -0.3 is 4.90 Å². The second-order valence-electron chi connectivity index (χ2n) is 3.50. The average Bonchev–Trinajstić information content (AvgIpc) is 3.00. The zero-order valence-corrected chi connectivity index (χ0v) is 9.29. The first-order chi connectivity index (χ1) is 6.31. The van der Waals surface area contributed by atoms with Crippen LogP contribution in [0.3, 0.4) is 0 Å². The van der Waals surface area contributed by atoms with Crippen LogP contribution in [0.2, 0.25) is 0 Å². The molecule has 70 valence electrons. The van der Waals surface area contributed by atoms with Gasteiger partial charge in [0.1, 0.15) is 5.82 Å². The molecule has 0 bridgehead atoms. The summed E-state index contributed by atoms with van der Waals surface area (Å²) < 4.78 is 0. The Morgan fingerprint density at radius 3 is 2.77 bits per heavy atom. The van der Waals surface area contributed by atoms with Gasteiger partial charge in [0.2, 0.25) is 0 Å². The fourth-order valence-electron chi connectivity index (χ4n) is 1.35. The Kier molecular flexibility index (Phi) is 2.54. The van der Waals surface area contributed by atoms with Crippen LogP contribution < -0.4 is 4.90 Å². The van der Waals surface area contributed by atoms with E-state index >= 15 is 0 Å². The molecule has 0 saturated heterocycles. The molecule has 1 aromatic heterocycles. The molecule has 1 aromatic rings. The van der Waals surface area contributed by atoms with Crippen LogP contribution in [0.1, 0.15) is 18.4 Å². The summed E-state index contributed by atoms with van der Waals surface area (Å²) in [6.45, 7) is 0. The van der Waals surface area contributed by atoms with Gasteiger partial charge in [0.15, 0.2) is 0 Å². The first-order valence-corrected chi connectivity index (χ1v) is 5.67. The number of alkyl halides is 1. The molecule has 1 heterocycles. The van der Waals surface area contributed by atoms with Crippen molar-refractivity contribution in [3.63, 3.8) is 0 Å². The lowest BCUT2D eigenvalue weighted by Gasteiger charge is -2.16. The Bertz CT molecular complexity index is 279. The Morgan fingerprint density at radius 2 is 2.31 bits per heavy atom. The molecule has 0 aromatic carbocycles. The van der Waals surface area contributed by atoms with E-state index in [0.717, 1.165) is 17.2 Å². The zero-order chi connectivity index (χ0) is 9.26. The second-order valence-corrected chi connectivity index (χ2v) is 4.06. The molecular formula is C10H13BrN2. The lowest BCUT2D eigenvalue weighted by molar-refractivity contribution is 0.891. The monoisotopic (exact) mass is 240 g/mol. The molecule has 3 heteroatoms. The van der Waals surface area contributed by atoms with E-state index in [9.17, 15) is 0 Å². The third kappa shape index (κ3) is 2.02. The minimum Gasteiger partial charge on any atom is -0.357 e. The van der Waals surface area contributed by atoms with Gasteiger partial charge in [0, 0.05) is 24.6 Å². The van der Waals surface area contributed by atoms with Crippen LogP contribution in [0.4, 0.5) is 5.82 Å². The lowest BCUT2D eigenvalue weighted by atomic mass is 10.3. The van der Waals surface area contributed by atoms with Crippen molar-refractivity contribution in [2.24, 2.45) is 0 Å². The molecule has 0 N–H and O–H groups in total. The summed E-state index contributed by atoms with van der Waals surface area (Å²) in [6.07, 6.45) is 4.57. The maximum absolute atomic E-state index is 4.41. The summed E-state index contributed by atoms with van der Waals surface area (Å²) in [7, 11) is 2.12. The van der Waals surface area contributed by atoms with Gasteiger partial charge in [-0.2, -0.15) is 0 Å². The Hall–Kier alpha value is -0.570. The van der Waals surface area contributed by atoms with Gasteiger partial charge in [-0.25, -0.2) is 4.98 Å². The van der Waals surface area contributed by atoms with Crippen LogP contribution >= 0.6 is 15.9 Å². The minimum atomic E-state index is 0.738. The molecule has 1 fully saturated rings. The van der Waals surface area contributed by atoms with E-state index in [1.807, 2.05) is 6.20 Å². The van der Waals surface area contributed by atoms with Gasteiger partial charge in [0.05, 0.1) is 0 Å². The predicted octanol–water partition coefficient (Wildman–Crippen LogP) is 2.58. The van der Waals surface area contributed by atoms with E-state index in [0.29, 0.717) is 0 Å². The molecule has 1 aliphatic rings. The van der Waals surface area contributed by atoms with Gasteiger partial charge in [-0.1, -0.05) is 22.0 Å². The molecule has 0 atom stereocenters. The quantitative estimate of drug-likeness (QED) is 0.756. The van der Waals surface area contributed by atoms with E-state index in [1.54, 1.807) is 0 Å². The number of rotatable bonds is 3. The molecule has 0 aliphatic heterocycles. The first kappa shape index (κ1) is 9.00. The number of anilines is 1. The summed E-state index contributed by atoms with van der Waals surface area (Å²) in [6, 6.07) is 4.95. The van der Waals surface area contributed by atoms with E-state index < -0.39 is 0 Å². The highest BCUT2D eigenvalue weighted by molar-refractivity contribution is 9.08. The van der Waals surface area contributed by atoms with Crippen molar-refractivity contribution < 1.29 is 0 Å². The highest BCUT2D eigenvalue weighted by Gasteiger charge is 2.26. The molecule has 0 spiro atoms. The number of aromatic nitrogens is 1. The fraction of sp³-hybridized carbons (Fsp3) is 0.500. The maximum atomic E-state index is 4.41. The van der Waals surface area contributed by atoms with Crippen molar-refractivity contribution in [1.29, 1.82) is 0 Å². The SMILES string of the molecule is CN(c1ccc(CBr)cn1)C1CC1. The summed E-state index contributed by atoms with van der Waals surface area (Å²) in [5.74, 6) is 1.09. The summed E-state index contributed by atoms with van der Waals surface area (Å²) in [5, 5.41) is 0.882. The van der Waals surface area contributed by atoms with Crippen molar-refractivity contribution >= 4 is 21.7 Å². The predicted molar refractivity (Wildman–Crippen MR) is 58.3 cm³/mol. The molecule has 2 rings (SSSR count). The maximum Gasteiger partial charge on any atom is 0.128 e. The molecule has 1 aliphatic carbocycles. The minimum absolute atomic E-state index is 0.738. The van der Waals surface area contributed by atoms with Gasteiger partial charge >= 0.3 is 0 Å². The van der Waals surface area contributed by atoms with Crippen LogP contribution in [0, 0.1) is 0 Å². The molecule has 2 nitrogen and oxygen atoms in total. The van der Waals surface area contributed by atoms with Crippen LogP contribution in [0.5, 0.6) is 0 Å². The van der Waals surface area contributed by atoms with E-state index in [2.05, 4.69) is 45.0 Å². The average molecular weight is 241 g/mol. The standard InChI is InChI=1S/C10H13BrN2/c1-13(9-3-4-9)10-5-2-8(6-11)7-12-10/h2,5,7,9H,3-4,6H2,1H3. The Balaban J connectivity index is 2.11.